The lowest BCUT2D eigenvalue weighted by Crippen LogP contribution is -2.32. The predicted octanol–water partition coefficient (Wildman–Crippen LogP) is 2.64. The molecule has 2 aromatic carbocycles. The van der Waals surface area contributed by atoms with Gasteiger partial charge in [0.1, 0.15) is 0 Å². The number of nitrogens with one attached hydrogen (secondary N) is 4. The van der Waals surface area contributed by atoms with E-state index in [9.17, 15) is 14.4 Å². The van der Waals surface area contributed by atoms with Crippen molar-refractivity contribution in [2.24, 2.45) is 0 Å². The molecule has 1 atom stereocenters. The Kier molecular flexibility index (Phi) is 9.51. The number of hydrogen-bond acceptors (Lipinski definition) is 5. The fourth-order valence-electron chi connectivity index (χ4n) is 2.67. The average molecular weight is 427 g/mol. The van der Waals surface area contributed by atoms with Crippen LogP contribution >= 0.6 is 0 Å². The van der Waals surface area contributed by atoms with Gasteiger partial charge in [-0.1, -0.05) is 19.1 Å². The summed E-state index contributed by atoms with van der Waals surface area (Å²) in [5.74, 6) is -0.656. The van der Waals surface area contributed by atoms with Crippen molar-refractivity contribution in [2.45, 2.75) is 26.3 Å². The molecular weight excluding hydrogens is 396 g/mol. The van der Waals surface area contributed by atoms with E-state index in [1.807, 2.05) is 13.8 Å². The minimum atomic E-state index is -0.269. The number of methoxy groups -OCH3 is 1. The first-order valence-electron chi connectivity index (χ1n) is 10.2. The van der Waals surface area contributed by atoms with Crippen LogP contribution in [0.3, 0.4) is 0 Å². The number of benzene rings is 2. The monoisotopic (exact) mass is 426 g/mol. The Hall–Kier alpha value is -3.39. The van der Waals surface area contributed by atoms with E-state index in [0.717, 1.165) is 6.42 Å². The maximum atomic E-state index is 12.3. The third-order valence-corrected chi connectivity index (χ3v) is 4.57. The fourth-order valence-corrected chi connectivity index (χ4v) is 2.67. The molecule has 0 spiro atoms. The van der Waals surface area contributed by atoms with Crippen molar-refractivity contribution in [3.8, 4) is 0 Å². The number of amides is 3. The van der Waals surface area contributed by atoms with Crippen LogP contribution in [0.15, 0.2) is 48.5 Å². The molecular formula is C23H30N4O4. The summed E-state index contributed by atoms with van der Waals surface area (Å²) in [5, 5.41) is 11.4. The molecule has 0 saturated heterocycles. The van der Waals surface area contributed by atoms with E-state index in [1.165, 1.54) is 0 Å². The molecule has 0 aliphatic rings. The van der Waals surface area contributed by atoms with Gasteiger partial charge in [-0.05, 0) is 49.7 Å². The molecule has 8 nitrogen and oxygen atoms in total. The number of rotatable bonds is 11. The van der Waals surface area contributed by atoms with Gasteiger partial charge in [-0.25, -0.2) is 0 Å². The summed E-state index contributed by atoms with van der Waals surface area (Å²) in [6, 6.07) is 13.8. The highest BCUT2D eigenvalue weighted by Gasteiger charge is 2.11. The highest BCUT2D eigenvalue weighted by atomic mass is 16.5. The smallest absolute Gasteiger partial charge is 0.251 e. The van der Waals surface area contributed by atoms with Gasteiger partial charge in [-0.15, -0.1) is 0 Å². The fraction of sp³-hybridized carbons (Fsp3) is 0.348. The summed E-state index contributed by atoms with van der Waals surface area (Å²) in [5.41, 5.74) is 2.16. The molecule has 2 aromatic rings. The molecule has 0 aliphatic heterocycles. The SMILES string of the molecule is CCC(C)NC(=O)c1cccc(NC(=O)CNc2cccc(C(=O)NCCOC)c2)c1. The topological polar surface area (TPSA) is 109 Å². The summed E-state index contributed by atoms with van der Waals surface area (Å²) in [7, 11) is 1.57. The minimum Gasteiger partial charge on any atom is -0.383 e. The van der Waals surface area contributed by atoms with Gasteiger partial charge in [0.2, 0.25) is 5.91 Å². The number of ether oxygens (including phenoxy) is 1. The first kappa shape index (κ1) is 23.9. The summed E-state index contributed by atoms with van der Waals surface area (Å²) in [6.45, 7) is 4.80. The molecule has 0 aliphatic carbocycles. The second-order valence-electron chi connectivity index (χ2n) is 7.09. The zero-order valence-electron chi connectivity index (χ0n) is 18.2. The summed E-state index contributed by atoms with van der Waals surface area (Å²) in [4.78, 5) is 36.7. The molecule has 31 heavy (non-hydrogen) atoms. The summed E-state index contributed by atoms with van der Waals surface area (Å²) < 4.78 is 4.91. The molecule has 0 fully saturated rings. The third-order valence-electron chi connectivity index (χ3n) is 4.57. The van der Waals surface area contributed by atoms with Gasteiger partial charge in [0.05, 0.1) is 13.2 Å². The molecule has 0 bridgehead atoms. The standard InChI is InChI=1S/C23H30N4O4/c1-4-16(2)26-23(30)18-8-6-10-20(14-18)27-21(28)15-25-19-9-5-7-17(13-19)22(29)24-11-12-31-3/h5-10,13-14,16,25H,4,11-12,15H2,1-3H3,(H,24,29)(H,26,30)(H,27,28). The Morgan fingerprint density at radius 2 is 1.61 bits per heavy atom. The molecule has 0 aromatic heterocycles. The van der Waals surface area contributed by atoms with Crippen molar-refractivity contribution >= 4 is 29.1 Å². The molecule has 1 unspecified atom stereocenters. The van der Waals surface area contributed by atoms with Crippen LogP contribution in [0.5, 0.6) is 0 Å². The van der Waals surface area contributed by atoms with E-state index < -0.39 is 0 Å². The van der Waals surface area contributed by atoms with Crippen LogP contribution in [0.2, 0.25) is 0 Å². The van der Waals surface area contributed by atoms with E-state index in [2.05, 4.69) is 21.3 Å². The van der Waals surface area contributed by atoms with Gasteiger partial charge >= 0.3 is 0 Å². The highest BCUT2D eigenvalue weighted by molar-refractivity contribution is 5.98. The zero-order chi connectivity index (χ0) is 22.6. The lowest BCUT2D eigenvalue weighted by atomic mass is 10.1. The first-order valence-corrected chi connectivity index (χ1v) is 10.2. The van der Waals surface area contributed by atoms with Crippen LogP contribution in [0.25, 0.3) is 0 Å². The maximum absolute atomic E-state index is 12.3. The van der Waals surface area contributed by atoms with Crippen molar-refractivity contribution in [2.75, 3.05) is 37.4 Å². The Balaban J connectivity index is 1.90. The van der Waals surface area contributed by atoms with Crippen LogP contribution in [0.1, 0.15) is 41.0 Å². The van der Waals surface area contributed by atoms with Gasteiger partial charge in [-0.3, -0.25) is 14.4 Å². The zero-order valence-corrected chi connectivity index (χ0v) is 18.2. The lowest BCUT2D eigenvalue weighted by Gasteiger charge is -2.13. The molecule has 4 N–H and O–H groups in total. The molecule has 2 rings (SSSR count). The average Bonchev–Trinajstić information content (AvgIpc) is 2.78. The largest absolute Gasteiger partial charge is 0.383 e. The van der Waals surface area contributed by atoms with Crippen molar-refractivity contribution < 1.29 is 19.1 Å². The highest BCUT2D eigenvalue weighted by Crippen LogP contribution is 2.13. The van der Waals surface area contributed by atoms with Gasteiger partial charge in [0, 0.05) is 42.2 Å². The number of carbonyl (C=O) groups excluding carboxylic acids is 3. The Morgan fingerprint density at radius 3 is 2.29 bits per heavy atom. The molecule has 3 amide bonds. The van der Waals surface area contributed by atoms with Crippen LogP contribution in [0.4, 0.5) is 11.4 Å². The Labute approximate surface area is 182 Å². The van der Waals surface area contributed by atoms with Crippen molar-refractivity contribution in [3.63, 3.8) is 0 Å². The van der Waals surface area contributed by atoms with Gasteiger partial charge in [0.25, 0.3) is 11.8 Å². The Morgan fingerprint density at radius 1 is 0.968 bits per heavy atom. The van der Waals surface area contributed by atoms with E-state index in [-0.39, 0.29) is 30.3 Å². The quantitative estimate of drug-likeness (QED) is 0.413. The van der Waals surface area contributed by atoms with Crippen molar-refractivity contribution in [1.29, 1.82) is 0 Å². The number of carbonyl (C=O) groups is 3. The normalized spacial score (nSPS) is 11.3. The van der Waals surface area contributed by atoms with Gasteiger partial charge in [0.15, 0.2) is 0 Å². The second kappa shape index (κ2) is 12.3. The first-order chi connectivity index (χ1) is 14.9. The van der Waals surface area contributed by atoms with E-state index in [4.69, 9.17) is 4.74 Å². The van der Waals surface area contributed by atoms with Crippen LogP contribution < -0.4 is 21.3 Å². The third kappa shape index (κ3) is 8.10. The van der Waals surface area contributed by atoms with E-state index >= 15 is 0 Å². The molecule has 8 heteroatoms. The van der Waals surface area contributed by atoms with Gasteiger partial charge < -0.3 is 26.0 Å². The van der Waals surface area contributed by atoms with E-state index in [0.29, 0.717) is 35.7 Å². The second-order valence-corrected chi connectivity index (χ2v) is 7.09. The number of hydrogen-bond donors (Lipinski definition) is 4. The van der Waals surface area contributed by atoms with E-state index in [1.54, 1.807) is 55.6 Å². The number of anilines is 2. The molecule has 166 valence electrons. The molecule has 0 saturated carbocycles. The van der Waals surface area contributed by atoms with Crippen LogP contribution in [0, 0.1) is 0 Å². The Bertz CT molecular complexity index is 901. The summed E-state index contributed by atoms with van der Waals surface area (Å²) in [6.07, 6.45) is 0.837. The van der Waals surface area contributed by atoms with Crippen molar-refractivity contribution in [1.82, 2.24) is 10.6 Å². The van der Waals surface area contributed by atoms with Crippen LogP contribution in [-0.2, 0) is 9.53 Å². The van der Waals surface area contributed by atoms with Crippen LogP contribution in [-0.4, -0.2) is 50.6 Å². The molecule has 0 heterocycles. The van der Waals surface area contributed by atoms with Crippen molar-refractivity contribution in [3.05, 3.63) is 59.7 Å². The molecule has 0 radical (unpaired) electrons. The summed E-state index contributed by atoms with van der Waals surface area (Å²) >= 11 is 0. The minimum absolute atomic E-state index is 0.0119. The predicted molar refractivity (Wildman–Crippen MR) is 121 cm³/mol. The van der Waals surface area contributed by atoms with Gasteiger partial charge in [-0.2, -0.15) is 0 Å². The lowest BCUT2D eigenvalue weighted by molar-refractivity contribution is -0.114. The maximum Gasteiger partial charge on any atom is 0.251 e.